The summed E-state index contributed by atoms with van der Waals surface area (Å²) in [5, 5.41) is 7.61. The molecule has 1 atom stereocenters. The Bertz CT molecular complexity index is 724. The molecular weight excluding hydrogens is 352 g/mol. The topological polar surface area (TPSA) is 62.6 Å². The van der Waals surface area contributed by atoms with Crippen LogP contribution in [0.3, 0.4) is 0 Å². The van der Waals surface area contributed by atoms with Gasteiger partial charge >= 0.3 is 5.97 Å². The van der Waals surface area contributed by atoms with Crippen molar-refractivity contribution >= 4 is 11.9 Å². The van der Waals surface area contributed by atoms with Crippen LogP contribution in [0.25, 0.3) is 0 Å². The average Bonchev–Trinajstić information content (AvgIpc) is 3.16. The molecule has 1 aliphatic rings. The van der Waals surface area contributed by atoms with Crippen LogP contribution in [-0.4, -0.2) is 42.6 Å². The maximum atomic E-state index is 12.0. The van der Waals surface area contributed by atoms with Crippen molar-refractivity contribution in [3.8, 4) is 0 Å². The summed E-state index contributed by atoms with van der Waals surface area (Å²) in [4.78, 5) is 14.5. The Hall–Kier alpha value is -2.66. The van der Waals surface area contributed by atoms with Crippen molar-refractivity contribution in [2.45, 2.75) is 38.3 Å². The molecule has 1 N–H and O–H groups in total. The first-order chi connectivity index (χ1) is 13.7. The molecule has 1 heterocycles. The molecule has 3 rings (SSSR count). The van der Waals surface area contributed by atoms with Gasteiger partial charge in [-0.05, 0) is 37.4 Å². The molecule has 2 aromatic rings. The summed E-state index contributed by atoms with van der Waals surface area (Å²) >= 11 is 0. The van der Waals surface area contributed by atoms with Gasteiger partial charge in [-0.25, -0.2) is 0 Å². The fourth-order valence-corrected chi connectivity index (χ4v) is 3.82. The van der Waals surface area contributed by atoms with Crippen molar-refractivity contribution in [2.24, 2.45) is 0 Å². The van der Waals surface area contributed by atoms with Gasteiger partial charge in [0.25, 0.3) is 0 Å². The minimum Gasteiger partial charge on any atom is -0.481 e. The Labute approximate surface area is 166 Å². The Kier molecular flexibility index (Phi) is 7.20. The number of benzene rings is 2. The van der Waals surface area contributed by atoms with E-state index < -0.39 is 5.97 Å². The summed E-state index contributed by atoms with van der Waals surface area (Å²) in [6.45, 7) is 3.49. The van der Waals surface area contributed by atoms with Crippen molar-refractivity contribution in [1.82, 2.24) is 4.90 Å². The number of likely N-dealkylation sites (tertiary alicyclic amines) is 1. The van der Waals surface area contributed by atoms with Crippen LogP contribution < -0.4 is 0 Å². The van der Waals surface area contributed by atoms with Crippen LogP contribution in [0.4, 0.5) is 0 Å². The summed E-state index contributed by atoms with van der Waals surface area (Å²) < 4.78 is 10.5. The molecule has 0 radical (unpaired) electrons. The molecule has 1 unspecified atom stereocenters. The third kappa shape index (κ3) is 5.20. The maximum absolute atomic E-state index is 12.0. The van der Waals surface area contributed by atoms with Crippen molar-refractivity contribution in [2.75, 3.05) is 19.8 Å². The molecule has 0 bridgehead atoms. The number of rotatable bonds is 8. The molecule has 0 aromatic heterocycles. The van der Waals surface area contributed by atoms with Gasteiger partial charge in [-0.2, -0.15) is 0 Å². The molecule has 5 heteroatoms. The van der Waals surface area contributed by atoms with Gasteiger partial charge in [0.05, 0.1) is 12.6 Å². The molecule has 5 nitrogen and oxygen atoms in total. The maximum Gasteiger partial charge on any atom is 0.315 e. The molecule has 0 aliphatic carbocycles. The summed E-state index contributed by atoms with van der Waals surface area (Å²) in [5.41, 5.74) is 2.48. The lowest BCUT2D eigenvalue weighted by molar-refractivity contribution is -0.144. The first-order valence-electron chi connectivity index (χ1n) is 9.90. The van der Waals surface area contributed by atoms with Gasteiger partial charge in [-0.15, -0.1) is 0 Å². The molecule has 1 saturated heterocycles. The Morgan fingerprint density at radius 1 is 1.07 bits per heavy atom. The van der Waals surface area contributed by atoms with E-state index in [1.165, 1.54) is 11.1 Å². The van der Waals surface area contributed by atoms with Gasteiger partial charge in [0.1, 0.15) is 13.0 Å². The lowest BCUT2D eigenvalue weighted by Crippen LogP contribution is -2.37. The highest BCUT2D eigenvalue weighted by Crippen LogP contribution is 2.34. The second-order valence-electron chi connectivity index (χ2n) is 6.97. The van der Waals surface area contributed by atoms with E-state index in [-0.39, 0.29) is 24.4 Å². The molecule has 1 aliphatic heterocycles. The predicted octanol–water partition coefficient (Wildman–Crippen LogP) is 4.19. The van der Waals surface area contributed by atoms with E-state index in [2.05, 4.69) is 53.4 Å². The van der Waals surface area contributed by atoms with Gasteiger partial charge in [0.15, 0.2) is 5.90 Å². The van der Waals surface area contributed by atoms with Crippen LogP contribution in [-0.2, 0) is 14.3 Å². The monoisotopic (exact) mass is 380 g/mol. The van der Waals surface area contributed by atoms with Crippen molar-refractivity contribution in [3.63, 3.8) is 0 Å². The van der Waals surface area contributed by atoms with Crippen LogP contribution in [0.2, 0.25) is 0 Å². The Morgan fingerprint density at radius 3 is 2.25 bits per heavy atom. The zero-order valence-corrected chi connectivity index (χ0v) is 16.3. The van der Waals surface area contributed by atoms with E-state index in [9.17, 15) is 4.79 Å². The number of carbonyl (C=O) groups excluding carboxylic acids is 1. The summed E-state index contributed by atoms with van der Waals surface area (Å²) in [6, 6.07) is 21.2. The highest BCUT2D eigenvalue weighted by molar-refractivity contribution is 5.92. The standard InChI is InChI=1S/C23H28N2O3/c1-2-27-21(24)16-22(26)28-17-20-14-9-15-25(20)23(18-10-5-3-6-11-18)19-12-7-4-8-13-19/h3-8,10-13,20,23-24H,2,9,14-17H2,1H3. The average molecular weight is 380 g/mol. The molecule has 0 saturated carbocycles. The SMILES string of the molecule is CCOC(=N)CC(=O)OCC1CCCN1C(c1ccccc1)c1ccccc1. The van der Waals surface area contributed by atoms with Gasteiger partial charge < -0.3 is 9.47 Å². The normalized spacial score (nSPS) is 16.9. The zero-order chi connectivity index (χ0) is 19.8. The van der Waals surface area contributed by atoms with Crippen molar-refractivity contribution < 1.29 is 14.3 Å². The van der Waals surface area contributed by atoms with Crippen LogP contribution in [0.1, 0.15) is 43.4 Å². The first kappa shape index (κ1) is 20.1. The Morgan fingerprint density at radius 2 is 1.68 bits per heavy atom. The lowest BCUT2D eigenvalue weighted by Gasteiger charge is -2.33. The number of hydrogen-bond donors (Lipinski definition) is 1. The van der Waals surface area contributed by atoms with Crippen LogP contribution in [0.15, 0.2) is 60.7 Å². The highest BCUT2D eigenvalue weighted by Gasteiger charge is 2.33. The minimum atomic E-state index is -0.402. The largest absolute Gasteiger partial charge is 0.481 e. The number of nitrogens with one attached hydrogen (secondary N) is 1. The third-order valence-corrected chi connectivity index (χ3v) is 5.05. The molecule has 148 valence electrons. The van der Waals surface area contributed by atoms with Crippen LogP contribution >= 0.6 is 0 Å². The van der Waals surface area contributed by atoms with Crippen molar-refractivity contribution in [1.29, 1.82) is 5.41 Å². The quantitative estimate of drug-likeness (QED) is 0.424. The molecule has 28 heavy (non-hydrogen) atoms. The second kappa shape index (κ2) is 10.0. The third-order valence-electron chi connectivity index (χ3n) is 5.05. The van der Waals surface area contributed by atoms with Crippen LogP contribution in [0.5, 0.6) is 0 Å². The van der Waals surface area contributed by atoms with E-state index in [1.54, 1.807) is 6.92 Å². The molecule has 0 amide bonds. The number of ether oxygens (including phenoxy) is 2. The fraction of sp³-hybridized carbons (Fsp3) is 0.391. The number of carbonyl (C=O) groups is 1. The molecular formula is C23H28N2O3. The fourth-order valence-electron chi connectivity index (χ4n) is 3.82. The lowest BCUT2D eigenvalue weighted by atomic mass is 9.96. The van der Waals surface area contributed by atoms with Gasteiger partial charge in [0, 0.05) is 6.04 Å². The number of hydrogen-bond acceptors (Lipinski definition) is 5. The van der Waals surface area contributed by atoms with E-state index in [0.29, 0.717) is 13.2 Å². The van der Waals surface area contributed by atoms with Gasteiger partial charge in [-0.1, -0.05) is 60.7 Å². The first-order valence-corrected chi connectivity index (χ1v) is 9.90. The smallest absolute Gasteiger partial charge is 0.315 e. The molecule has 1 fully saturated rings. The van der Waals surface area contributed by atoms with Crippen LogP contribution in [0, 0.1) is 5.41 Å². The Balaban J connectivity index is 1.71. The van der Waals surface area contributed by atoms with E-state index in [0.717, 1.165) is 19.4 Å². The van der Waals surface area contributed by atoms with E-state index in [4.69, 9.17) is 14.9 Å². The van der Waals surface area contributed by atoms with Crippen molar-refractivity contribution in [3.05, 3.63) is 71.8 Å². The minimum absolute atomic E-state index is 0.0396. The number of esters is 1. The summed E-state index contributed by atoms with van der Waals surface area (Å²) in [6.07, 6.45) is 1.96. The zero-order valence-electron chi connectivity index (χ0n) is 16.3. The van der Waals surface area contributed by atoms with E-state index >= 15 is 0 Å². The second-order valence-corrected chi connectivity index (χ2v) is 6.97. The molecule has 2 aromatic carbocycles. The highest BCUT2D eigenvalue weighted by atomic mass is 16.5. The van der Waals surface area contributed by atoms with Gasteiger partial charge in [-0.3, -0.25) is 15.1 Å². The summed E-state index contributed by atoms with van der Waals surface area (Å²) in [5.74, 6) is -0.441. The number of nitrogens with zero attached hydrogens (tertiary/aromatic N) is 1. The predicted molar refractivity (Wildman–Crippen MR) is 109 cm³/mol. The van der Waals surface area contributed by atoms with Gasteiger partial charge in [0.2, 0.25) is 0 Å². The van der Waals surface area contributed by atoms with E-state index in [1.807, 2.05) is 12.1 Å². The summed E-state index contributed by atoms with van der Waals surface area (Å²) in [7, 11) is 0. The molecule has 0 spiro atoms.